The minimum atomic E-state index is -0.569. The van der Waals surface area contributed by atoms with E-state index in [2.05, 4.69) is 22.1 Å². The Kier molecular flexibility index (Phi) is 5.43. The first kappa shape index (κ1) is 15.2. The Hall–Kier alpha value is -2.23. The first-order chi connectivity index (χ1) is 10.2. The number of thiazole rings is 1. The van der Waals surface area contributed by atoms with Gasteiger partial charge in [-0.25, -0.2) is 9.37 Å². The van der Waals surface area contributed by atoms with E-state index < -0.39 is 11.7 Å². The number of halogens is 1. The average Bonchev–Trinajstić information content (AvgIpc) is 2.99. The Labute approximate surface area is 126 Å². The Morgan fingerprint density at radius 3 is 3.05 bits per heavy atom. The van der Waals surface area contributed by atoms with Crippen LogP contribution in [0.3, 0.4) is 0 Å². The third kappa shape index (κ3) is 4.38. The van der Waals surface area contributed by atoms with E-state index >= 15 is 0 Å². The van der Waals surface area contributed by atoms with Crippen molar-refractivity contribution in [2.45, 2.75) is 6.42 Å². The van der Waals surface area contributed by atoms with Crippen LogP contribution in [0.15, 0.2) is 29.8 Å². The van der Waals surface area contributed by atoms with Gasteiger partial charge in [-0.1, -0.05) is 11.8 Å². The van der Waals surface area contributed by atoms with Crippen LogP contribution in [0.1, 0.15) is 20.9 Å². The second-order valence-corrected chi connectivity index (χ2v) is 5.11. The quantitative estimate of drug-likeness (QED) is 0.842. The number of carbonyl (C=O) groups is 1. The fourth-order valence-corrected chi connectivity index (χ4v) is 2.31. The standard InChI is InChI=1S/C15H14FN3OS/c16-13-4-3-11(2-1-6-17)10-12(13)15(20)19-7-5-14-18-8-9-21-14/h3-4,8-10H,5-7,17H2,(H,19,20). The summed E-state index contributed by atoms with van der Waals surface area (Å²) in [5.41, 5.74) is 5.83. The maximum absolute atomic E-state index is 13.7. The molecule has 108 valence electrons. The molecule has 0 aliphatic rings. The topological polar surface area (TPSA) is 68.0 Å². The monoisotopic (exact) mass is 303 g/mol. The molecule has 0 saturated heterocycles. The largest absolute Gasteiger partial charge is 0.352 e. The van der Waals surface area contributed by atoms with Gasteiger partial charge < -0.3 is 11.1 Å². The Bertz CT molecular complexity index is 674. The second-order valence-electron chi connectivity index (χ2n) is 4.13. The summed E-state index contributed by atoms with van der Waals surface area (Å²) in [6, 6.07) is 4.18. The number of nitrogens with two attached hydrogens (primary N) is 1. The van der Waals surface area contributed by atoms with Crippen LogP contribution in [0.5, 0.6) is 0 Å². The lowest BCUT2D eigenvalue weighted by Crippen LogP contribution is -2.26. The Morgan fingerprint density at radius 2 is 2.33 bits per heavy atom. The minimum Gasteiger partial charge on any atom is -0.352 e. The van der Waals surface area contributed by atoms with Crippen molar-refractivity contribution in [3.05, 3.63) is 51.7 Å². The van der Waals surface area contributed by atoms with Crippen molar-refractivity contribution in [2.75, 3.05) is 13.1 Å². The van der Waals surface area contributed by atoms with Gasteiger partial charge in [0.25, 0.3) is 5.91 Å². The van der Waals surface area contributed by atoms with Crippen LogP contribution < -0.4 is 11.1 Å². The zero-order valence-electron chi connectivity index (χ0n) is 11.2. The van der Waals surface area contributed by atoms with Gasteiger partial charge in [-0.15, -0.1) is 11.3 Å². The molecule has 1 amide bonds. The lowest BCUT2D eigenvalue weighted by molar-refractivity contribution is 0.0950. The van der Waals surface area contributed by atoms with Gasteiger partial charge in [-0.05, 0) is 18.2 Å². The zero-order chi connectivity index (χ0) is 15.1. The fraction of sp³-hybridized carbons (Fsp3) is 0.200. The molecule has 1 aromatic heterocycles. The number of aromatic nitrogens is 1. The number of rotatable bonds is 4. The molecule has 0 aliphatic heterocycles. The smallest absolute Gasteiger partial charge is 0.254 e. The molecule has 0 saturated carbocycles. The van der Waals surface area contributed by atoms with Crippen molar-refractivity contribution in [1.29, 1.82) is 0 Å². The molecule has 4 nitrogen and oxygen atoms in total. The molecule has 2 rings (SSSR count). The molecule has 3 N–H and O–H groups in total. The molecule has 0 atom stereocenters. The van der Waals surface area contributed by atoms with Crippen molar-refractivity contribution >= 4 is 17.2 Å². The zero-order valence-corrected chi connectivity index (χ0v) is 12.0. The number of hydrogen-bond donors (Lipinski definition) is 2. The summed E-state index contributed by atoms with van der Waals surface area (Å²) in [7, 11) is 0. The Morgan fingerprint density at radius 1 is 1.48 bits per heavy atom. The number of nitrogens with zero attached hydrogens (tertiary/aromatic N) is 1. The first-order valence-electron chi connectivity index (χ1n) is 6.36. The third-order valence-electron chi connectivity index (χ3n) is 2.65. The maximum Gasteiger partial charge on any atom is 0.254 e. The highest BCUT2D eigenvalue weighted by atomic mass is 32.1. The van der Waals surface area contributed by atoms with Crippen molar-refractivity contribution in [3.63, 3.8) is 0 Å². The third-order valence-corrected chi connectivity index (χ3v) is 3.49. The maximum atomic E-state index is 13.7. The van der Waals surface area contributed by atoms with Gasteiger partial charge in [-0.3, -0.25) is 4.79 Å². The number of benzene rings is 1. The molecule has 21 heavy (non-hydrogen) atoms. The number of hydrogen-bond acceptors (Lipinski definition) is 4. The van der Waals surface area contributed by atoms with E-state index in [9.17, 15) is 9.18 Å². The molecular formula is C15H14FN3OS. The van der Waals surface area contributed by atoms with Crippen molar-refractivity contribution in [1.82, 2.24) is 10.3 Å². The predicted molar refractivity (Wildman–Crippen MR) is 80.5 cm³/mol. The summed E-state index contributed by atoms with van der Waals surface area (Å²) in [6.45, 7) is 0.622. The summed E-state index contributed by atoms with van der Waals surface area (Å²) < 4.78 is 13.7. The number of amides is 1. The minimum absolute atomic E-state index is 0.0158. The first-order valence-corrected chi connectivity index (χ1v) is 7.23. The van der Waals surface area contributed by atoms with E-state index in [4.69, 9.17) is 5.73 Å². The van der Waals surface area contributed by atoms with E-state index in [1.807, 2.05) is 5.38 Å². The van der Waals surface area contributed by atoms with Gasteiger partial charge >= 0.3 is 0 Å². The van der Waals surface area contributed by atoms with Crippen LogP contribution in [0, 0.1) is 17.7 Å². The van der Waals surface area contributed by atoms with Crippen LogP contribution in [-0.2, 0) is 6.42 Å². The molecular weight excluding hydrogens is 289 g/mol. The van der Waals surface area contributed by atoms with Gasteiger partial charge in [0.2, 0.25) is 0 Å². The van der Waals surface area contributed by atoms with Crippen LogP contribution in [0.4, 0.5) is 4.39 Å². The van der Waals surface area contributed by atoms with Gasteiger partial charge in [0.15, 0.2) is 0 Å². The van der Waals surface area contributed by atoms with Crippen LogP contribution in [0.2, 0.25) is 0 Å². The number of carbonyl (C=O) groups excluding carboxylic acids is 1. The van der Waals surface area contributed by atoms with E-state index in [1.54, 1.807) is 6.20 Å². The van der Waals surface area contributed by atoms with E-state index in [0.29, 0.717) is 18.5 Å². The molecule has 0 radical (unpaired) electrons. The molecule has 2 aromatic rings. The molecule has 0 spiro atoms. The van der Waals surface area contributed by atoms with Crippen LogP contribution >= 0.6 is 11.3 Å². The Balaban J connectivity index is 2.00. The summed E-state index contributed by atoms with van der Waals surface area (Å²) in [5, 5.41) is 5.48. The highest BCUT2D eigenvalue weighted by molar-refractivity contribution is 7.09. The van der Waals surface area contributed by atoms with E-state index in [1.165, 1.54) is 29.5 Å². The SMILES string of the molecule is NCC#Cc1ccc(F)c(C(=O)NCCc2nccs2)c1. The van der Waals surface area contributed by atoms with Gasteiger partial charge in [0, 0.05) is 30.1 Å². The highest BCUT2D eigenvalue weighted by Gasteiger charge is 2.11. The van der Waals surface area contributed by atoms with Crippen molar-refractivity contribution in [3.8, 4) is 11.8 Å². The van der Waals surface area contributed by atoms with E-state index in [0.717, 1.165) is 5.01 Å². The van der Waals surface area contributed by atoms with Crippen LogP contribution in [-0.4, -0.2) is 24.0 Å². The molecule has 0 fully saturated rings. The second kappa shape index (κ2) is 7.53. The van der Waals surface area contributed by atoms with Crippen LogP contribution in [0.25, 0.3) is 0 Å². The summed E-state index contributed by atoms with van der Waals surface area (Å²) in [6.07, 6.45) is 2.33. The molecule has 1 heterocycles. The summed E-state index contributed by atoms with van der Waals surface area (Å²) in [5.74, 6) is 4.42. The van der Waals surface area contributed by atoms with Gasteiger partial charge in [0.1, 0.15) is 5.82 Å². The summed E-state index contributed by atoms with van der Waals surface area (Å²) >= 11 is 1.52. The van der Waals surface area contributed by atoms with E-state index in [-0.39, 0.29) is 12.1 Å². The van der Waals surface area contributed by atoms with Gasteiger partial charge in [0.05, 0.1) is 17.1 Å². The lowest BCUT2D eigenvalue weighted by atomic mass is 10.1. The van der Waals surface area contributed by atoms with Gasteiger partial charge in [-0.2, -0.15) is 0 Å². The normalized spacial score (nSPS) is 9.81. The average molecular weight is 303 g/mol. The molecule has 0 unspecified atom stereocenters. The summed E-state index contributed by atoms with van der Waals surface area (Å²) in [4.78, 5) is 16.1. The highest BCUT2D eigenvalue weighted by Crippen LogP contribution is 2.10. The molecule has 6 heteroatoms. The predicted octanol–water partition coefficient (Wildman–Crippen LogP) is 1.56. The lowest BCUT2D eigenvalue weighted by Gasteiger charge is -2.05. The van der Waals surface area contributed by atoms with Crippen molar-refractivity contribution in [2.24, 2.45) is 5.73 Å². The number of nitrogens with one attached hydrogen (secondary N) is 1. The molecule has 0 aliphatic carbocycles. The molecule has 1 aromatic carbocycles. The molecule has 0 bridgehead atoms. The fourth-order valence-electron chi connectivity index (χ4n) is 1.68. The van der Waals surface area contributed by atoms with Crippen molar-refractivity contribution < 1.29 is 9.18 Å².